The van der Waals surface area contributed by atoms with Crippen molar-refractivity contribution in [3.05, 3.63) is 41.5 Å². The fraction of sp³-hybridized carbons (Fsp3) is 0.600. The molecule has 1 nitrogen and oxygen atoms in total. The Hall–Kier alpha value is -1.08. The first-order valence-corrected chi connectivity index (χ1v) is 8.37. The van der Waals surface area contributed by atoms with Crippen LogP contribution in [0.5, 0.6) is 0 Å². The zero-order valence-electron chi connectivity index (χ0n) is 14.4. The summed E-state index contributed by atoms with van der Waals surface area (Å²) in [6, 6.07) is 10.3. The van der Waals surface area contributed by atoms with Crippen molar-refractivity contribution in [3.8, 4) is 0 Å². The molecule has 1 aromatic rings. The second-order valence-electron chi connectivity index (χ2n) is 6.75. The van der Waals surface area contributed by atoms with E-state index in [9.17, 15) is 5.11 Å². The zero-order chi connectivity index (χ0) is 15.9. The molecule has 1 aromatic carbocycles. The molecule has 0 saturated heterocycles. The highest BCUT2D eigenvalue weighted by Gasteiger charge is 2.32. The molecule has 0 aliphatic carbocycles. The van der Waals surface area contributed by atoms with Gasteiger partial charge in [-0.25, -0.2) is 0 Å². The first-order valence-electron chi connectivity index (χ1n) is 8.37. The lowest BCUT2D eigenvalue weighted by Crippen LogP contribution is -2.34. The summed E-state index contributed by atoms with van der Waals surface area (Å²) in [4.78, 5) is 0. The van der Waals surface area contributed by atoms with Gasteiger partial charge < -0.3 is 5.11 Å². The summed E-state index contributed by atoms with van der Waals surface area (Å²) in [5.74, 6) is 1.08. The van der Waals surface area contributed by atoms with E-state index in [1.54, 1.807) is 0 Å². The second kappa shape index (κ2) is 8.38. The minimum Gasteiger partial charge on any atom is -0.385 e. The third-order valence-corrected chi connectivity index (χ3v) is 4.44. The van der Waals surface area contributed by atoms with Gasteiger partial charge in [0, 0.05) is 0 Å². The molecule has 0 aliphatic heterocycles. The maximum absolute atomic E-state index is 11.3. The highest BCUT2D eigenvalue weighted by atomic mass is 16.3. The summed E-state index contributed by atoms with van der Waals surface area (Å²) < 4.78 is 0. The predicted octanol–water partition coefficient (Wildman–Crippen LogP) is 5.69. The molecule has 0 saturated carbocycles. The van der Waals surface area contributed by atoms with Gasteiger partial charge >= 0.3 is 0 Å². The Morgan fingerprint density at radius 2 is 1.67 bits per heavy atom. The molecule has 0 fully saturated rings. The van der Waals surface area contributed by atoms with Crippen molar-refractivity contribution < 1.29 is 5.11 Å². The van der Waals surface area contributed by atoms with E-state index in [1.165, 1.54) is 5.56 Å². The average molecular weight is 288 g/mol. The van der Waals surface area contributed by atoms with Crippen molar-refractivity contribution in [1.82, 2.24) is 0 Å². The monoisotopic (exact) mass is 288 g/mol. The number of benzene rings is 1. The summed E-state index contributed by atoms with van der Waals surface area (Å²) >= 11 is 0. The third-order valence-electron chi connectivity index (χ3n) is 4.44. The largest absolute Gasteiger partial charge is 0.385 e. The average Bonchev–Trinajstić information content (AvgIpc) is 2.45. The molecule has 0 aliphatic rings. The lowest BCUT2D eigenvalue weighted by molar-refractivity contribution is 0.0307. The number of hydrogen-bond donors (Lipinski definition) is 1. The van der Waals surface area contributed by atoms with Crippen LogP contribution in [-0.2, 0) is 0 Å². The third kappa shape index (κ3) is 5.67. The standard InChI is InChI=1S/C20H32O/c1-6-18(7-2)15-20(21,14-16(3)4)17(5)13-19-11-9-8-10-12-19/h8-13,16,18,21H,6-7,14-15H2,1-5H3/b17-13+. The first kappa shape index (κ1) is 18.0. The Morgan fingerprint density at radius 1 is 1.10 bits per heavy atom. The molecule has 0 heterocycles. The molecule has 1 N–H and O–H groups in total. The van der Waals surface area contributed by atoms with E-state index in [4.69, 9.17) is 0 Å². The van der Waals surface area contributed by atoms with Crippen LogP contribution >= 0.6 is 0 Å². The highest BCUT2D eigenvalue weighted by molar-refractivity contribution is 5.54. The fourth-order valence-corrected chi connectivity index (χ4v) is 3.07. The Balaban J connectivity index is 3.02. The van der Waals surface area contributed by atoms with Crippen LogP contribution in [0.4, 0.5) is 0 Å². The number of rotatable bonds is 8. The van der Waals surface area contributed by atoms with Crippen LogP contribution in [-0.4, -0.2) is 10.7 Å². The Kier molecular flexibility index (Phi) is 7.17. The van der Waals surface area contributed by atoms with E-state index in [1.807, 2.05) is 18.2 Å². The van der Waals surface area contributed by atoms with Crippen LogP contribution in [0.25, 0.3) is 6.08 Å². The molecule has 0 aromatic heterocycles. The molecule has 1 rings (SSSR count). The van der Waals surface area contributed by atoms with Crippen LogP contribution in [0.15, 0.2) is 35.9 Å². The maximum atomic E-state index is 11.3. The van der Waals surface area contributed by atoms with E-state index >= 15 is 0 Å². The molecular formula is C20H32O. The van der Waals surface area contributed by atoms with Gasteiger partial charge in [0.2, 0.25) is 0 Å². The quantitative estimate of drug-likeness (QED) is 0.651. The fourth-order valence-electron chi connectivity index (χ4n) is 3.07. The summed E-state index contributed by atoms with van der Waals surface area (Å²) in [7, 11) is 0. The van der Waals surface area contributed by atoms with E-state index in [0.29, 0.717) is 11.8 Å². The second-order valence-corrected chi connectivity index (χ2v) is 6.75. The predicted molar refractivity (Wildman–Crippen MR) is 93.2 cm³/mol. The highest BCUT2D eigenvalue weighted by Crippen LogP contribution is 2.34. The summed E-state index contributed by atoms with van der Waals surface area (Å²) in [6.07, 6.45) is 6.11. The van der Waals surface area contributed by atoms with Gasteiger partial charge in [-0.15, -0.1) is 0 Å². The van der Waals surface area contributed by atoms with E-state index in [0.717, 1.165) is 31.3 Å². The minimum absolute atomic E-state index is 0.489. The van der Waals surface area contributed by atoms with Gasteiger partial charge in [-0.05, 0) is 42.7 Å². The van der Waals surface area contributed by atoms with Gasteiger partial charge in [-0.2, -0.15) is 0 Å². The number of aliphatic hydroxyl groups is 1. The molecule has 1 atom stereocenters. The van der Waals surface area contributed by atoms with Gasteiger partial charge in [0.1, 0.15) is 0 Å². The maximum Gasteiger partial charge on any atom is 0.0862 e. The lowest BCUT2D eigenvalue weighted by Gasteiger charge is -2.34. The normalized spacial score (nSPS) is 15.5. The summed E-state index contributed by atoms with van der Waals surface area (Å²) in [6.45, 7) is 10.9. The van der Waals surface area contributed by atoms with E-state index in [-0.39, 0.29) is 0 Å². The van der Waals surface area contributed by atoms with Crippen LogP contribution in [0.1, 0.15) is 65.9 Å². The van der Waals surface area contributed by atoms with Crippen molar-refractivity contribution >= 4 is 6.08 Å². The molecular weight excluding hydrogens is 256 g/mol. The topological polar surface area (TPSA) is 20.2 Å². The van der Waals surface area contributed by atoms with E-state index < -0.39 is 5.60 Å². The van der Waals surface area contributed by atoms with Gasteiger partial charge in [-0.3, -0.25) is 0 Å². The smallest absolute Gasteiger partial charge is 0.0862 e. The zero-order valence-corrected chi connectivity index (χ0v) is 14.4. The minimum atomic E-state index is -0.680. The van der Waals surface area contributed by atoms with Gasteiger partial charge in [0.15, 0.2) is 0 Å². The van der Waals surface area contributed by atoms with Crippen molar-refractivity contribution in [2.24, 2.45) is 11.8 Å². The first-order chi connectivity index (χ1) is 9.91. The van der Waals surface area contributed by atoms with Crippen molar-refractivity contribution in [2.75, 3.05) is 0 Å². The summed E-state index contributed by atoms with van der Waals surface area (Å²) in [5.41, 5.74) is 1.58. The summed E-state index contributed by atoms with van der Waals surface area (Å²) in [5, 5.41) is 11.3. The molecule has 0 spiro atoms. The number of hydrogen-bond acceptors (Lipinski definition) is 1. The van der Waals surface area contributed by atoms with Crippen molar-refractivity contribution in [1.29, 1.82) is 0 Å². The van der Waals surface area contributed by atoms with Gasteiger partial charge in [0.05, 0.1) is 5.60 Å². The molecule has 0 radical (unpaired) electrons. The Bertz CT molecular complexity index is 428. The molecule has 0 bridgehead atoms. The van der Waals surface area contributed by atoms with Crippen LogP contribution < -0.4 is 0 Å². The van der Waals surface area contributed by atoms with Gasteiger partial charge in [0.25, 0.3) is 0 Å². The lowest BCUT2D eigenvalue weighted by atomic mass is 9.77. The van der Waals surface area contributed by atoms with E-state index in [2.05, 4.69) is 52.8 Å². The van der Waals surface area contributed by atoms with Crippen LogP contribution in [0.2, 0.25) is 0 Å². The SMILES string of the molecule is CCC(CC)CC(O)(CC(C)C)/C(C)=C/c1ccccc1. The Labute approximate surface area is 131 Å². The molecule has 1 unspecified atom stereocenters. The van der Waals surface area contributed by atoms with Gasteiger partial charge in [-0.1, -0.05) is 76.9 Å². The van der Waals surface area contributed by atoms with Crippen molar-refractivity contribution in [3.63, 3.8) is 0 Å². The Morgan fingerprint density at radius 3 is 2.14 bits per heavy atom. The molecule has 21 heavy (non-hydrogen) atoms. The molecule has 118 valence electrons. The van der Waals surface area contributed by atoms with Crippen molar-refractivity contribution in [2.45, 2.75) is 65.9 Å². The molecule has 1 heteroatoms. The van der Waals surface area contributed by atoms with Crippen LogP contribution in [0.3, 0.4) is 0 Å². The molecule has 0 amide bonds. The van der Waals surface area contributed by atoms with Crippen LogP contribution in [0, 0.1) is 11.8 Å².